The number of nitrogens with one attached hydrogen (secondary N) is 1. The van der Waals surface area contributed by atoms with Crippen LogP contribution in [0, 0.1) is 0 Å². The topological polar surface area (TPSA) is 17.3 Å². The molecule has 2 rings (SSSR count). The lowest BCUT2D eigenvalue weighted by Gasteiger charge is -2.28. The third kappa shape index (κ3) is 5.86. The van der Waals surface area contributed by atoms with Crippen LogP contribution in [0.3, 0.4) is 0 Å². The molecule has 0 atom stereocenters. The maximum atomic E-state index is 12.1. The zero-order valence-electron chi connectivity index (χ0n) is 10.7. The average Bonchev–Trinajstić information content (AvgIpc) is 2.38. The summed E-state index contributed by atoms with van der Waals surface area (Å²) in [4.78, 5) is 5.85. The van der Waals surface area contributed by atoms with E-state index < -0.39 is 0 Å². The number of hydrogen-bond donors (Lipinski definition) is 1. The SMILES string of the molecule is FCCC[NH+]1CCC(Sc2cccc(Cl)n2)CC1.[Cl-]. The molecular weight excluding hydrogens is 306 g/mol. The minimum absolute atomic E-state index is 0. The lowest BCUT2D eigenvalue weighted by Crippen LogP contribution is -3.13. The molecule has 1 saturated heterocycles. The lowest BCUT2D eigenvalue weighted by molar-refractivity contribution is -0.904. The number of pyridine rings is 1. The van der Waals surface area contributed by atoms with Crippen molar-refractivity contribution >= 4 is 23.4 Å². The zero-order chi connectivity index (χ0) is 12.8. The molecule has 0 saturated carbocycles. The van der Waals surface area contributed by atoms with Crippen LogP contribution in [-0.2, 0) is 0 Å². The third-order valence-electron chi connectivity index (χ3n) is 3.28. The molecule has 0 aliphatic carbocycles. The molecule has 1 aliphatic rings. The van der Waals surface area contributed by atoms with E-state index in [1.807, 2.05) is 23.9 Å². The molecule has 0 aromatic carbocycles. The molecule has 6 heteroatoms. The number of hydrogen-bond acceptors (Lipinski definition) is 2. The molecule has 19 heavy (non-hydrogen) atoms. The van der Waals surface area contributed by atoms with Gasteiger partial charge in [-0.25, -0.2) is 4.98 Å². The van der Waals surface area contributed by atoms with Crippen molar-refractivity contribution in [3.8, 4) is 0 Å². The number of quaternary nitrogens is 1. The number of thioether (sulfide) groups is 1. The summed E-state index contributed by atoms with van der Waals surface area (Å²) >= 11 is 7.70. The van der Waals surface area contributed by atoms with E-state index in [0.717, 1.165) is 24.7 Å². The van der Waals surface area contributed by atoms with E-state index in [1.165, 1.54) is 12.8 Å². The van der Waals surface area contributed by atoms with Gasteiger partial charge in [0.15, 0.2) is 0 Å². The quantitative estimate of drug-likeness (QED) is 0.717. The van der Waals surface area contributed by atoms with Gasteiger partial charge in [0.1, 0.15) is 5.15 Å². The van der Waals surface area contributed by atoms with E-state index in [2.05, 4.69) is 4.98 Å². The van der Waals surface area contributed by atoms with E-state index in [1.54, 1.807) is 11.0 Å². The third-order valence-corrected chi connectivity index (χ3v) is 4.76. The number of aromatic nitrogens is 1. The van der Waals surface area contributed by atoms with Crippen LogP contribution in [0.25, 0.3) is 0 Å². The maximum Gasteiger partial charge on any atom is 0.130 e. The lowest BCUT2D eigenvalue weighted by atomic mass is 10.1. The van der Waals surface area contributed by atoms with Crippen LogP contribution < -0.4 is 17.3 Å². The van der Waals surface area contributed by atoms with Gasteiger partial charge in [0.05, 0.1) is 31.3 Å². The minimum Gasteiger partial charge on any atom is -1.00 e. The highest BCUT2D eigenvalue weighted by atomic mass is 35.5. The smallest absolute Gasteiger partial charge is 0.130 e. The molecule has 1 fully saturated rings. The van der Waals surface area contributed by atoms with Crippen LogP contribution >= 0.6 is 23.4 Å². The molecule has 108 valence electrons. The van der Waals surface area contributed by atoms with Crippen LogP contribution in [-0.4, -0.2) is 36.5 Å². The molecule has 0 unspecified atom stereocenters. The van der Waals surface area contributed by atoms with E-state index in [9.17, 15) is 4.39 Å². The van der Waals surface area contributed by atoms with Gasteiger partial charge in [0.25, 0.3) is 0 Å². The van der Waals surface area contributed by atoms with E-state index in [4.69, 9.17) is 11.6 Å². The van der Waals surface area contributed by atoms with Crippen LogP contribution in [0.1, 0.15) is 19.3 Å². The molecule has 0 spiro atoms. The van der Waals surface area contributed by atoms with Gasteiger partial charge in [0, 0.05) is 24.5 Å². The van der Waals surface area contributed by atoms with Crippen molar-refractivity contribution in [3.05, 3.63) is 23.4 Å². The molecule has 1 aliphatic heterocycles. The fourth-order valence-electron chi connectivity index (χ4n) is 2.31. The van der Waals surface area contributed by atoms with Gasteiger partial charge in [-0.15, -0.1) is 11.8 Å². The average molecular weight is 325 g/mol. The van der Waals surface area contributed by atoms with E-state index in [0.29, 0.717) is 16.8 Å². The highest BCUT2D eigenvalue weighted by Crippen LogP contribution is 2.27. The molecule has 0 bridgehead atoms. The second-order valence-electron chi connectivity index (χ2n) is 4.66. The van der Waals surface area contributed by atoms with Gasteiger partial charge in [0.2, 0.25) is 0 Å². The van der Waals surface area contributed by atoms with E-state index >= 15 is 0 Å². The fourth-order valence-corrected chi connectivity index (χ4v) is 3.65. The Morgan fingerprint density at radius 2 is 2.11 bits per heavy atom. The van der Waals surface area contributed by atoms with Gasteiger partial charge in [-0.05, 0) is 12.1 Å². The second kappa shape index (κ2) is 9.01. The summed E-state index contributed by atoms with van der Waals surface area (Å²) in [5.41, 5.74) is 0. The van der Waals surface area contributed by atoms with Crippen molar-refractivity contribution in [3.63, 3.8) is 0 Å². The summed E-state index contributed by atoms with van der Waals surface area (Å²) in [6.07, 6.45) is 3.06. The molecule has 1 aromatic heterocycles. The summed E-state index contributed by atoms with van der Waals surface area (Å²) < 4.78 is 12.1. The maximum absolute atomic E-state index is 12.1. The van der Waals surface area contributed by atoms with Gasteiger partial charge < -0.3 is 17.3 Å². The first-order chi connectivity index (χ1) is 8.78. The first kappa shape index (κ1) is 17.0. The fraction of sp³-hybridized carbons (Fsp3) is 0.615. The Morgan fingerprint density at radius 3 is 2.74 bits per heavy atom. The summed E-state index contributed by atoms with van der Waals surface area (Å²) in [6, 6.07) is 5.76. The van der Waals surface area contributed by atoms with Gasteiger partial charge >= 0.3 is 0 Å². The Kier molecular flexibility index (Phi) is 8.07. The number of rotatable bonds is 5. The molecule has 2 nitrogen and oxygen atoms in total. The minimum atomic E-state index is -0.186. The van der Waals surface area contributed by atoms with Crippen LogP contribution in [0.15, 0.2) is 23.2 Å². The monoisotopic (exact) mass is 324 g/mol. The number of likely N-dealkylation sites (tertiary alicyclic amines) is 1. The molecule has 2 heterocycles. The molecule has 1 N–H and O–H groups in total. The van der Waals surface area contributed by atoms with Crippen molar-refractivity contribution in [2.75, 3.05) is 26.3 Å². The Morgan fingerprint density at radius 1 is 1.37 bits per heavy atom. The predicted molar refractivity (Wildman–Crippen MR) is 74.3 cm³/mol. The predicted octanol–water partition coefficient (Wildman–Crippen LogP) is -0.762. The van der Waals surface area contributed by atoms with Crippen LogP contribution in [0.2, 0.25) is 5.15 Å². The van der Waals surface area contributed by atoms with E-state index in [-0.39, 0.29) is 19.1 Å². The molecular formula is C13H19Cl2FN2S. The Labute approximate surface area is 129 Å². The highest BCUT2D eigenvalue weighted by molar-refractivity contribution is 7.99. The molecule has 0 amide bonds. The standard InChI is InChI=1S/C13H18ClFN2S.ClH/c14-12-3-1-4-13(16-12)18-11-5-9-17(10-6-11)8-2-7-15;/h1,3-4,11H,2,5-10H2;1H. The Balaban J connectivity index is 0.00000180. The summed E-state index contributed by atoms with van der Waals surface area (Å²) in [6.45, 7) is 3.09. The Hall–Kier alpha value is -0.0300. The van der Waals surface area contributed by atoms with Crippen LogP contribution in [0.5, 0.6) is 0 Å². The number of piperidine rings is 1. The van der Waals surface area contributed by atoms with Crippen molar-refractivity contribution in [2.45, 2.75) is 29.5 Å². The van der Waals surface area contributed by atoms with Crippen LogP contribution in [0.4, 0.5) is 4.39 Å². The van der Waals surface area contributed by atoms with Gasteiger partial charge in [-0.3, -0.25) is 4.39 Å². The summed E-state index contributed by atoms with van der Waals surface area (Å²) in [5, 5.41) is 2.20. The van der Waals surface area contributed by atoms with Crippen molar-refractivity contribution in [1.82, 2.24) is 4.98 Å². The number of halogens is 3. The molecule has 0 radical (unpaired) electrons. The number of nitrogens with zero attached hydrogens (tertiary/aromatic N) is 1. The first-order valence-corrected chi connectivity index (χ1v) is 7.72. The largest absolute Gasteiger partial charge is 1.00 e. The zero-order valence-corrected chi connectivity index (χ0v) is 13.1. The van der Waals surface area contributed by atoms with Crippen molar-refractivity contribution < 1.29 is 21.7 Å². The van der Waals surface area contributed by atoms with Crippen molar-refractivity contribution in [1.29, 1.82) is 0 Å². The normalized spacial score (nSPS) is 22.8. The summed E-state index contributed by atoms with van der Waals surface area (Å²) in [5.74, 6) is 0. The van der Waals surface area contributed by atoms with Crippen molar-refractivity contribution in [2.24, 2.45) is 0 Å². The molecule has 1 aromatic rings. The number of alkyl halides is 1. The van der Waals surface area contributed by atoms with Gasteiger partial charge in [-0.2, -0.15) is 0 Å². The second-order valence-corrected chi connectivity index (χ2v) is 6.37. The highest BCUT2D eigenvalue weighted by Gasteiger charge is 2.22. The first-order valence-electron chi connectivity index (χ1n) is 6.46. The van der Waals surface area contributed by atoms with Gasteiger partial charge in [-0.1, -0.05) is 17.7 Å². The Bertz CT molecular complexity index is 373. The summed E-state index contributed by atoms with van der Waals surface area (Å²) in [7, 11) is 0.